The van der Waals surface area contributed by atoms with Crippen LogP contribution >= 0.6 is 0 Å². The fraction of sp³-hybridized carbons (Fsp3) is 0.500. The molecule has 2 atom stereocenters. The lowest BCUT2D eigenvalue weighted by atomic mass is 9.67. The molecule has 3 rings (SSSR count). The van der Waals surface area contributed by atoms with Gasteiger partial charge in [-0.25, -0.2) is 0 Å². The number of nitrogens with one attached hydrogen (secondary N) is 1. The molecule has 138 valence electrons. The lowest BCUT2D eigenvalue weighted by Crippen LogP contribution is -2.40. The van der Waals surface area contributed by atoms with Crippen LogP contribution in [0.3, 0.4) is 0 Å². The van der Waals surface area contributed by atoms with Crippen molar-refractivity contribution in [3.63, 3.8) is 0 Å². The summed E-state index contributed by atoms with van der Waals surface area (Å²) < 4.78 is 5.16. The molecule has 6 heteroatoms. The highest BCUT2D eigenvalue weighted by Crippen LogP contribution is 2.40. The van der Waals surface area contributed by atoms with Crippen molar-refractivity contribution >= 4 is 29.1 Å². The van der Waals surface area contributed by atoms with Crippen LogP contribution in [0.2, 0.25) is 0 Å². The molecule has 0 heterocycles. The van der Waals surface area contributed by atoms with Gasteiger partial charge >= 0.3 is 5.97 Å². The van der Waals surface area contributed by atoms with E-state index in [9.17, 15) is 19.2 Å². The SMILES string of the molecule is CC(=O)c1cccc(NC(=O)COC(=O)C2C[C@H]3CCC[C@H](C2)C3=O)c1. The molecule has 2 aliphatic rings. The Kier molecular flexibility index (Phi) is 5.49. The largest absolute Gasteiger partial charge is 0.455 e. The third-order valence-corrected chi connectivity index (χ3v) is 5.28. The van der Waals surface area contributed by atoms with Crippen LogP contribution < -0.4 is 5.32 Å². The molecule has 0 radical (unpaired) electrons. The first-order chi connectivity index (χ1) is 12.4. The standard InChI is InChI=1S/C20H23NO5/c1-12(22)13-4-3-7-17(10-13)21-18(23)11-26-20(25)16-8-14-5-2-6-15(9-16)19(14)24/h3-4,7,10,14-16H,2,5-6,8-9,11H2,1H3,(H,21,23)/t14-,15-/m1/s1. The topological polar surface area (TPSA) is 89.5 Å². The molecule has 0 saturated heterocycles. The second-order valence-corrected chi connectivity index (χ2v) is 7.19. The number of ether oxygens (including phenoxy) is 1. The molecule has 1 amide bonds. The maximum atomic E-state index is 12.3. The van der Waals surface area contributed by atoms with Crippen LogP contribution in [0.4, 0.5) is 5.69 Å². The molecule has 6 nitrogen and oxygen atoms in total. The quantitative estimate of drug-likeness (QED) is 0.646. The fourth-order valence-electron chi connectivity index (χ4n) is 3.94. The lowest BCUT2D eigenvalue weighted by Gasteiger charge is -2.36. The summed E-state index contributed by atoms with van der Waals surface area (Å²) >= 11 is 0. The number of anilines is 1. The van der Waals surface area contributed by atoms with Crippen molar-refractivity contribution < 1.29 is 23.9 Å². The van der Waals surface area contributed by atoms with E-state index in [0.29, 0.717) is 29.9 Å². The monoisotopic (exact) mass is 357 g/mol. The molecule has 0 aromatic heterocycles. The Balaban J connectivity index is 1.50. The Bertz CT molecular complexity index is 725. The molecule has 0 aliphatic heterocycles. The van der Waals surface area contributed by atoms with E-state index < -0.39 is 11.9 Å². The molecule has 1 N–H and O–H groups in total. The first-order valence-corrected chi connectivity index (χ1v) is 9.05. The van der Waals surface area contributed by atoms with Crippen molar-refractivity contribution in [2.75, 3.05) is 11.9 Å². The average Bonchev–Trinajstić information content (AvgIpc) is 2.59. The lowest BCUT2D eigenvalue weighted by molar-refractivity contribution is -0.155. The molecule has 2 saturated carbocycles. The van der Waals surface area contributed by atoms with E-state index in [2.05, 4.69) is 5.32 Å². The highest BCUT2D eigenvalue weighted by Gasteiger charge is 2.41. The average molecular weight is 357 g/mol. The smallest absolute Gasteiger partial charge is 0.309 e. The molecule has 2 aliphatic carbocycles. The summed E-state index contributed by atoms with van der Waals surface area (Å²) in [5, 5.41) is 2.62. The zero-order valence-corrected chi connectivity index (χ0v) is 14.8. The third kappa shape index (κ3) is 4.18. The highest BCUT2D eigenvalue weighted by molar-refractivity contribution is 5.97. The molecule has 2 fully saturated rings. The molecule has 1 aromatic carbocycles. The number of carbonyl (C=O) groups is 4. The number of Topliss-reactive ketones (excluding diaryl/α,β-unsaturated/α-hetero) is 2. The summed E-state index contributed by atoms with van der Waals surface area (Å²) in [4.78, 5) is 47.7. The maximum absolute atomic E-state index is 12.3. The predicted molar refractivity (Wildman–Crippen MR) is 94.6 cm³/mol. The second-order valence-electron chi connectivity index (χ2n) is 7.19. The summed E-state index contributed by atoms with van der Waals surface area (Å²) in [6, 6.07) is 6.59. The Morgan fingerprint density at radius 3 is 2.50 bits per heavy atom. The second kappa shape index (κ2) is 7.81. The summed E-state index contributed by atoms with van der Waals surface area (Å²) in [5.41, 5.74) is 0.981. The molecular formula is C20H23NO5. The molecule has 0 spiro atoms. The zero-order valence-electron chi connectivity index (χ0n) is 14.8. The van der Waals surface area contributed by atoms with Crippen LogP contribution in [0.1, 0.15) is 49.4 Å². The van der Waals surface area contributed by atoms with Gasteiger partial charge in [-0.1, -0.05) is 18.6 Å². The van der Waals surface area contributed by atoms with Crippen molar-refractivity contribution in [1.82, 2.24) is 0 Å². The van der Waals surface area contributed by atoms with Crippen LogP contribution in [0.25, 0.3) is 0 Å². The van der Waals surface area contributed by atoms with Gasteiger partial charge in [0, 0.05) is 23.1 Å². The van der Waals surface area contributed by atoms with E-state index >= 15 is 0 Å². The summed E-state index contributed by atoms with van der Waals surface area (Å²) in [6.45, 7) is 1.08. The van der Waals surface area contributed by atoms with E-state index in [1.165, 1.54) is 6.92 Å². The number of ketones is 2. The zero-order chi connectivity index (χ0) is 18.7. The van der Waals surface area contributed by atoms with Crippen LogP contribution in [-0.4, -0.2) is 30.0 Å². The number of amides is 1. The summed E-state index contributed by atoms with van der Waals surface area (Å²) in [6.07, 6.45) is 3.83. The number of hydrogen-bond acceptors (Lipinski definition) is 5. The van der Waals surface area contributed by atoms with Gasteiger partial charge in [0.1, 0.15) is 5.78 Å². The molecule has 0 unspecified atom stereocenters. The Morgan fingerprint density at radius 1 is 1.15 bits per heavy atom. The minimum Gasteiger partial charge on any atom is -0.455 e. The van der Waals surface area contributed by atoms with Crippen LogP contribution in [0.15, 0.2) is 24.3 Å². The van der Waals surface area contributed by atoms with Crippen molar-refractivity contribution in [1.29, 1.82) is 0 Å². The van der Waals surface area contributed by atoms with Crippen molar-refractivity contribution in [2.24, 2.45) is 17.8 Å². The van der Waals surface area contributed by atoms with Crippen molar-refractivity contribution in [2.45, 2.75) is 39.0 Å². The van der Waals surface area contributed by atoms with Crippen LogP contribution in [0, 0.1) is 17.8 Å². The number of rotatable bonds is 5. The van der Waals surface area contributed by atoms with Gasteiger partial charge in [-0.3, -0.25) is 19.2 Å². The molecule has 1 aromatic rings. The summed E-state index contributed by atoms with van der Waals surface area (Å²) in [5.74, 6) is -0.996. The third-order valence-electron chi connectivity index (χ3n) is 5.28. The Labute approximate surface area is 152 Å². The minimum absolute atomic E-state index is 0.0248. The maximum Gasteiger partial charge on any atom is 0.309 e. The van der Waals surface area contributed by atoms with Gasteiger partial charge in [-0.05, 0) is 44.7 Å². The Morgan fingerprint density at radius 2 is 1.85 bits per heavy atom. The van der Waals surface area contributed by atoms with E-state index in [1.54, 1.807) is 24.3 Å². The molecular weight excluding hydrogens is 334 g/mol. The predicted octanol–water partition coefficient (Wildman–Crippen LogP) is 2.77. The summed E-state index contributed by atoms with van der Waals surface area (Å²) in [7, 11) is 0. The van der Waals surface area contributed by atoms with Crippen molar-refractivity contribution in [3.05, 3.63) is 29.8 Å². The Hall–Kier alpha value is -2.50. The van der Waals surface area contributed by atoms with Crippen molar-refractivity contribution in [3.8, 4) is 0 Å². The minimum atomic E-state index is -0.453. The first kappa shape index (κ1) is 18.3. The van der Waals surface area contributed by atoms with E-state index in [0.717, 1.165) is 19.3 Å². The highest BCUT2D eigenvalue weighted by atomic mass is 16.5. The van der Waals surface area contributed by atoms with Gasteiger partial charge in [0.05, 0.1) is 5.92 Å². The van der Waals surface area contributed by atoms with E-state index in [4.69, 9.17) is 4.74 Å². The van der Waals surface area contributed by atoms with Crippen LogP contribution in [0.5, 0.6) is 0 Å². The number of esters is 1. The van der Waals surface area contributed by atoms with E-state index in [1.807, 2.05) is 0 Å². The molecule has 2 bridgehead atoms. The van der Waals surface area contributed by atoms with Gasteiger partial charge in [-0.15, -0.1) is 0 Å². The van der Waals surface area contributed by atoms with Gasteiger partial charge in [0.25, 0.3) is 5.91 Å². The van der Waals surface area contributed by atoms with Gasteiger partial charge in [-0.2, -0.15) is 0 Å². The fourth-order valence-corrected chi connectivity index (χ4v) is 3.94. The first-order valence-electron chi connectivity index (χ1n) is 9.05. The number of hydrogen-bond donors (Lipinski definition) is 1. The normalized spacial score (nSPS) is 24.7. The van der Waals surface area contributed by atoms with Gasteiger partial charge in [0.15, 0.2) is 12.4 Å². The van der Waals surface area contributed by atoms with Crippen LogP contribution in [-0.2, 0) is 19.1 Å². The van der Waals surface area contributed by atoms with Gasteiger partial charge < -0.3 is 10.1 Å². The molecule has 26 heavy (non-hydrogen) atoms. The number of benzene rings is 1. The van der Waals surface area contributed by atoms with E-state index in [-0.39, 0.29) is 30.1 Å². The number of fused-ring (bicyclic) bond motifs is 2. The van der Waals surface area contributed by atoms with Gasteiger partial charge in [0.2, 0.25) is 0 Å². The number of carbonyl (C=O) groups excluding carboxylic acids is 4.